The van der Waals surface area contributed by atoms with Gasteiger partial charge in [0, 0.05) is 65.1 Å². The Bertz CT molecular complexity index is 437. The Morgan fingerprint density at radius 2 is 2.41 bits per heavy atom. The summed E-state index contributed by atoms with van der Waals surface area (Å²) < 4.78 is 23.1. The molecule has 17 heavy (non-hydrogen) atoms. The van der Waals surface area contributed by atoms with Crippen LogP contribution in [0.3, 0.4) is 0 Å². The number of aliphatic carboxylic acids is 1. The predicted octanol–water partition coefficient (Wildman–Crippen LogP) is 0.301. The van der Waals surface area contributed by atoms with Crippen LogP contribution in [0.25, 0.3) is 0 Å². The topological polar surface area (TPSA) is 75.3 Å². The summed E-state index contributed by atoms with van der Waals surface area (Å²) in [6.07, 6.45) is 3.13. The van der Waals surface area contributed by atoms with E-state index in [4.69, 9.17) is 9.22 Å². The molecule has 0 unspecified atom stereocenters. The van der Waals surface area contributed by atoms with Gasteiger partial charge in [0.2, 0.25) is 0 Å². The fourth-order valence-corrected chi connectivity index (χ4v) is 1.79. The zero-order valence-electron chi connectivity index (χ0n) is 13.1. The summed E-state index contributed by atoms with van der Waals surface area (Å²) >= 11 is 0. The summed E-state index contributed by atoms with van der Waals surface area (Å²) in [5.41, 5.74) is 0.402. The average Bonchev–Trinajstić information content (AvgIpc) is 2.75. The molecule has 5 nitrogen and oxygen atoms in total. The normalized spacial score (nSPS) is 17.2. The Labute approximate surface area is 127 Å². The van der Waals surface area contributed by atoms with Crippen molar-refractivity contribution in [1.29, 1.82) is 0 Å². The molecule has 1 rings (SSSR count). The second-order valence-electron chi connectivity index (χ2n) is 3.75. The molecule has 0 bridgehead atoms. The van der Waals surface area contributed by atoms with Gasteiger partial charge in [-0.05, 0) is 12.8 Å². The zero-order chi connectivity index (χ0) is 14.6. The van der Waals surface area contributed by atoms with Crippen molar-refractivity contribution in [3.8, 4) is 0 Å². The van der Waals surface area contributed by atoms with Crippen LogP contribution in [0.1, 0.15) is 23.2 Å². The molecule has 0 aliphatic heterocycles. The van der Waals surface area contributed by atoms with Gasteiger partial charge in [0.1, 0.15) is 0 Å². The van der Waals surface area contributed by atoms with Crippen molar-refractivity contribution in [2.45, 2.75) is 19.8 Å². The third-order valence-electron chi connectivity index (χ3n) is 2.75. The van der Waals surface area contributed by atoms with Crippen molar-refractivity contribution in [3.63, 3.8) is 0 Å². The van der Waals surface area contributed by atoms with Crippen molar-refractivity contribution in [1.82, 2.24) is 9.55 Å². The fraction of sp³-hybridized carbons (Fsp3) is 0.636. The Morgan fingerprint density at radius 3 is 2.88 bits per heavy atom. The maximum absolute atomic E-state index is 11.1. The van der Waals surface area contributed by atoms with Crippen LogP contribution in [-0.2, 0) is 18.2 Å². The van der Waals surface area contributed by atoms with Crippen molar-refractivity contribution < 1.29 is 19.1 Å². The minimum Gasteiger partial charge on any atom is -0.481 e. The summed E-state index contributed by atoms with van der Waals surface area (Å²) in [4.78, 5) is 14.9. The van der Waals surface area contributed by atoms with Crippen LogP contribution in [-0.4, -0.2) is 61.9 Å². The number of rotatable bonds is 6. The summed E-state index contributed by atoms with van der Waals surface area (Å²) in [5.74, 6) is -2.22. The summed E-state index contributed by atoms with van der Waals surface area (Å²) in [5, 5.41) is 18.4. The molecule has 0 aliphatic rings. The van der Waals surface area contributed by atoms with Crippen molar-refractivity contribution in [2.24, 2.45) is 18.8 Å². The van der Waals surface area contributed by atoms with Crippen molar-refractivity contribution in [2.75, 3.05) is 6.61 Å². The third-order valence-corrected chi connectivity index (χ3v) is 2.75. The maximum atomic E-state index is 11.1. The van der Waals surface area contributed by atoms with E-state index < -0.39 is 24.8 Å². The Morgan fingerprint density at radius 1 is 1.71 bits per heavy atom. The van der Waals surface area contributed by atoms with Crippen LogP contribution in [0.2, 0.25) is 0 Å². The predicted molar refractivity (Wildman–Crippen MR) is 64.7 cm³/mol. The van der Waals surface area contributed by atoms with Gasteiger partial charge in [0.15, 0.2) is 0 Å². The number of hydrogen-bond acceptors (Lipinski definition) is 3. The van der Waals surface area contributed by atoms with E-state index in [1.165, 1.54) is 12.5 Å². The minimum absolute atomic E-state index is 0. The summed E-state index contributed by atoms with van der Waals surface area (Å²) in [7, 11) is 0. The van der Waals surface area contributed by atoms with E-state index in [-0.39, 0.29) is 42.6 Å². The molecule has 0 amide bonds. The van der Waals surface area contributed by atoms with E-state index in [9.17, 15) is 9.90 Å². The second kappa shape index (κ2) is 7.87. The molecule has 1 aromatic rings. The van der Waals surface area contributed by atoms with E-state index in [2.05, 4.69) is 4.98 Å². The molecule has 0 spiro atoms. The average molecular weight is 252 g/mol. The summed E-state index contributed by atoms with van der Waals surface area (Å²) in [6, 6.07) is 0. The van der Waals surface area contributed by atoms with Crippen molar-refractivity contribution in [3.05, 3.63) is 18.2 Å². The molecule has 0 fully saturated rings. The van der Waals surface area contributed by atoms with Gasteiger partial charge < -0.3 is 14.8 Å². The van der Waals surface area contributed by atoms with E-state index in [0.29, 0.717) is 12.1 Å². The van der Waals surface area contributed by atoms with Crippen molar-refractivity contribution >= 4 is 35.5 Å². The molecular formula is C11H18N2NaO3. The Balaban J connectivity index is 0.00000361. The summed E-state index contributed by atoms with van der Waals surface area (Å²) in [6.45, 7) is -0.934. The van der Waals surface area contributed by atoms with Crippen LogP contribution in [0, 0.1) is 11.8 Å². The molecule has 2 atom stereocenters. The molecule has 0 saturated carbocycles. The van der Waals surface area contributed by atoms with Crippen LogP contribution in [0.4, 0.5) is 0 Å². The number of aliphatic hydroxyl groups is 1. The van der Waals surface area contributed by atoms with Gasteiger partial charge in [-0.1, -0.05) is 6.92 Å². The minimum atomic E-state index is -2.35. The first kappa shape index (κ1) is 11.7. The number of aromatic nitrogens is 2. The molecule has 1 heterocycles. The first-order valence-corrected chi connectivity index (χ1v) is 5.16. The molecule has 91 valence electrons. The van der Waals surface area contributed by atoms with Gasteiger partial charge in [0.25, 0.3) is 0 Å². The number of imidazole rings is 1. The van der Waals surface area contributed by atoms with Gasteiger partial charge in [0.05, 0.1) is 12.2 Å². The Kier molecular flexibility index (Phi) is 5.42. The molecule has 0 saturated heterocycles. The molecule has 0 aliphatic carbocycles. The second-order valence-corrected chi connectivity index (χ2v) is 3.75. The van der Waals surface area contributed by atoms with Gasteiger partial charge in [-0.25, -0.2) is 4.98 Å². The fourth-order valence-electron chi connectivity index (χ4n) is 1.79. The molecule has 1 radical (unpaired) electrons. The number of aryl methyl sites for hydroxylation is 1. The SMILES string of the molecule is [2H]C([2H])([2H])n1cncc1C[C@@H](CO)[C@H](CC)C(=O)O.[Na]. The molecular weight excluding hydrogens is 231 g/mol. The number of carboxylic acids is 1. The number of aliphatic hydroxyl groups excluding tert-OH is 1. The Hall–Kier alpha value is -0.360. The first-order chi connectivity index (χ1) is 8.81. The maximum Gasteiger partial charge on any atom is 0.306 e. The molecule has 0 aromatic carbocycles. The van der Waals surface area contributed by atoms with Crippen LogP contribution < -0.4 is 0 Å². The quantitative estimate of drug-likeness (QED) is 0.714. The van der Waals surface area contributed by atoms with Gasteiger partial charge in [-0.15, -0.1) is 0 Å². The smallest absolute Gasteiger partial charge is 0.306 e. The molecule has 6 heteroatoms. The molecule has 2 N–H and O–H groups in total. The molecule has 1 aromatic heterocycles. The standard InChI is InChI=1S/C11H18N2O3.Na/c1-3-10(11(15)16)8(6-14)4-9-5-12-7-13(9)2;/h5,7-8,10,14H,3-4,6H2,1-2H3,(H,15,16);/t8-,10-;/m0./s1/i2D3;. The van der Waals surface area contributed by atoms with Crippen LogP contribution in [0.15, 0.2) is 12.5 Å². The van der Waals surface area contributed by atoms with E-state index in [1.54, 1.807) is 6.92 Å². The van der Waals surface area contributed by atoms with Gasteiger partial charge in [-0.2, -0.15) is 0 Å². The first-order valence-electron chi connectivity index (χ1n) is 6.66. The number of hydrogen-bond donors (Lipinski definition) is 2. The van der Waals surface area contributed by atoms with Crippen LogP contribution >= 0.6 is 0 Å². The number of carboxylic acid groups (broad SMARTS) is 1. The third kappa shape index (κ3) is 4.43. The van der Waals surface area contributed by atoms with E-state index >= 15 is 0 Å². The largest absolute Gasteiger partial charge is 0.481 e. The van der Waals surface area contributed by atoms with E-state index in [1.807, 2.05) is 0 Å². The monoisotopic (exact) mass is 252 g/mol. The van der Waals surface area contributed by atoms with Gasteiger partial charge in [-0.3, -0.25) is 4.79 Å². The number of nitrogens with zero attached hydrogens (tertiary/aromatic N) is 2. The van der Waals surface area contributed by atoms with Crippen LogP contribution in [0.5, 0.6) is 0 Å². The number of carbonyl (C=O) groups is 1. The van der Waals surface area contributed by atoms with E-state index in [0.717, 1.165) is 4.57 Å². The van der Waals surface area contributed by atoms with Gasteiger partial charge >= 0.3 is 5.97 Å². The zero-order valence-corrected chi connectivity index (χ0v) is 12.1.